The second-order valence-electron chi connectivity index (χ2n) is 4.41. The molecule has 0 atom stereocenters. The highest BCUT2D eigenvalue weighted by molar-refractivity contribution is 5.85. The molecule has 19 heavy (non-hydrogen) atoms. The minimum Gasteiger partial charge on any atom is -0.480 e. The molecule has 1 aromatic carbocycles. The number of nitro benzene ring substituents is 1. The summed E-state index contributed by atoms with van der Waals surface area (Å²) in [5, 5.41) is 22.3. The van der Waals surface area contributed by atoms with Gasteiger partial charge in [0.1, 0.15) is 17.0 Å². The number of nitrogens with one attached hydrogen (secondary N) is 1. The molecule has 0 aromatic heterocycles. The topological polar surface area (TPSA) is 92.5 Å². The van der Waals surface area contributed by atoms with Crippen LogP contribution in [-0.2, 0) is 4.79 Å². The molecule has 0 radical (unpaired) electrons. The summed E-state index contributed by atoms with van der Waals surface area (Å²) in [5.74, 6) is -3.55. The first-order valence-corrected chi connectivity index (χ1v) is 5.51. The molecule has 1 fully saturated rings. The maximum absolute atomic E-state index is 13.4. The Morgan fingerprint density at radius 1 is 1.42 bits per heavy atom. The molecule has 0 saturated heterocycles. The monoisotopic (exact) mass is 272 g/mol. The van der Waals surface area contributed by atoms with Gasteiger partial charge in [0.25, 0.3) is 0 Å². The summed E-state index contributed by atoms with van der Waals surface area (Å²) in [5.41, 5.74) is -2.79. The van der Waals surface area contributed by atoms with E-state index in [1.807, 2.05) is 0 Å². The van der Waals surface area contributed by atoms with Gasteiger partial charge >= 0.3 is 11.7 Å². The fourth-order valence-electron chi connectivity index (χ4n) is 2.03. The number of rotatable bonds is 4. The number of halogens is 2. The Hall–Kier alpha value is -2.25. The molecule has 0 amide bonds. The molecule has 0 spiro atoms. The SMILES string of the molecule is O=C(O)C1(Nc2cc(F)cc(F)c2[N+](=O)[O-])CCC1. The number of hydrogen-bond donors (Lipinski definition) is 2. The number of hydrogen-bond acceptors (Lipinski definition) is 4. The summed E-state index contributed by atoms with van der Waals surface area (Å²) in [6, 6.07) is 1.11. The highest BCUT2D eigenvalue weighted by atomic mass is 19.1. The van der Waals surface area contributed by atoms with Crippen molar-refractivity contribution < 1.29 is 23.6 Å². The van der Waals surface area contributed by atoms with E-state index in [1.165, 1.54) is 0 Å². The molecule has 2 N–H and O–H groups in total. The van der Waals surface area contributed by atoms with Crippen molar-refractivity contribution in [2.24, 2.45) is 0 Å². The molecule has 0 bridgehead atoms. The fourth-order valence-corrected chi connectivity index (χ4v) is 2.03. The predicted octanol–water partition coefficient (Wildman–Crippen LogP) is 2.29. The molecule has 8 heteroatoms. The zero-order valence-corrected chi connectivity index (χ0v) is 9.65. The van der Waals surface area contributed by atoms with Gasteiger partial charge in [-0.1, -0.05) is 0 Å². The van der Waals surface area contributed by atoms with Crippen molar-refractivity contribution in [2.75, 3.05) is 5.32 Å². The lowest BCUT2D eigenvalue weighted by atomic mass is 9.76. The number of aliphatic carboxylic acids is 1. The lowest BCUT2D eigenvalue weighted by Gasteiger charge is -2.38. The van der Waals surface area contributed by atoms with Crippen molar-refractivity contribution in [3.63, 3.8) is 0 Å². The number of nitrogens with zero attached hydrogens (tertiary/aromatic N) is 1. The maximum atomic E-state index is 13.4. The number of nitro groups is 1. The van der Waals surface area contributed by atoms with Crippen molar-refractivity contribution in [3.05, 3.63) is 33.9 Å². The maximum Gasteiger partial charge on any atom is 0.329 e. The quantitative estimate of drug-likeness (QED) is 0.648. The minimum atomic E-state index is -1.38. The Balaban J connectivity index is 2.44. The van der Waals surface area contributed by atoms with Gasteiger partial charge in [-0.15, -0.1) is 0 Å². The lowest BCUT2D eigenvalue weighted by Crippen LogP contribution is -2.52. The highest BCUT2D eigenvalue weighted by Crippen LogP contribution is 2.39. The van der Waals surface area contributed by atoms with Crippen molar-refractivity contribution in [2.45, 2.75) is 24.8 Å². The van der Waals surface area contributed by atoms with Crippen LogP contribution >= 0.6 is 0 Å². The van der Waals surface area contributed by atoms with Crippen molar-refractivity contribution in [1.29, 1.82) is 0 Å². The first-order chi connectivity index (χ1) is 8.85. The molecule has 102 valence electrons. The Morgan fingerprint density at radius 3 is 2.47 bits per heavy atom. The van der Waals surface area contributed by atoms with Crippen LogP contribution in [0.4, 0.5) is 20.2 Å². The predicted molar refractivity (Wildman–Crippen MR) is 60.9 cm³/mol. The van der Waals surface area contributed by atoms with Crippen LogP contribution in [0.5, 0.6) is 0 Å². The molecule has 1 saturated carbocycles. The molecular formula is C11H10F2N2O4. The molecule has 6 nitrogen and oxygen atoms in total. The van der Waals surface area contributed by atoms with Gasteiger partial charge in [-0.3, -0.25) is 10.1 Å². The van der Waals surface area contributed by atoms with Gasteiger partial charge in [-0.25, -0.2) is 9.18 Å². The van der Waals surface area contributed by atoms with E-state index in [1.54, 1.807) is 0 Å². The van der Waals surface area contributed by atoms with E-state index < -0.39 is 39.4 Å². The number of carboxylic acids is 1. The summed E-state index contributed by atoms with van der Waals surface area (Å²) in [7, 11) is 0. The minimum absolute atomic E-state index is 0.248. The zero-order valence-electron chi connectivity index (χ0n) is 9.65. The average Bonchev–Trinajstić information content (AvgIpc) is 2.20. The Bertz CT molecular complexity index is 558. The first kappa shape index (κ1) is 13.2. The Labute approximate surface area is 106 Å². The largest absolute Gasteiger partial charge is 0.480 e. The third-order valence-electron chi connectivity index (χ3n) is 3.20. The van der Waals surface area contributed by atoms with E-state index in [0.29, 0.717) is 12.5 Å². The van der Waals surface area contributed by atoms with E-state index in [9.17, 15) is 23.7 Å². The van der Waals surface area contributed by atoms with E-state index in [0.717, 1.165) is 6.07 Å². The van der Waals surface area contributed by atoms with E-state index in [-0.39, 0.29) is 12.8 Å². The Kier molecular flexibility index (Phi) is 3.09. The summed E-state index contributed by atoms with van der Waals surface area (Å²) in [4.78, 5) is 20.9. The molecule has 0 aliphatic heterocycles. The van der Waals surface area contributed by atoms with E-state index in [2.05, 4.69) is 5.32 Å². The first-order valence-electron chi connectivity index (χ1n) is 5.51. The van der Waals surface area contributed by atoms with E-state index >= 15 is 0 Å². The standard InChI is InChI=1S/C11H10F2N2O4/c12-6-4-7(13)9(15(18)19)8(5-6)14-11(10(16)17)2-1-3-11/h4-5,14H,1-3H2,(H,16,17). The van der Waals surface area contributed by atoms with Crippen LogP contribution in [0.1, 0.15) is 19.3 Å². The third kappa shape index (κ3) is 2.20. The van der Waals surface area contributed by atoms with Gasteiger partial charge in [0, 0.05) is 12.1 Å². The summed E-state index contributed by atoms with van der Waals surface area (Å²) in [6.07, 6.45) is 1.13. The van der Waals surface area contributed by atoms with Gasteiger partial charge in [0.2, 0.25) is 5.82 Å². The summed E-state index contributed by atoms with van der Waals surface area (Å²) >= 11 is 0. The van der Waals surface area contributed by atoms with Crippen molar-refractivity contribution >= 4 is 17.3 Å². The fraction of sp³-hybridized carbons (Fsp3) is 0.364. The smallest absolute Gasteiger partial charge is 0.329 e. The van der Waals surface area contributed by atoms with Crippen LogP contribution in [0, 0.1) is 21.7 Å². The van der Waals surface area contributed by atoms with Gasteiger partial charge in [-0.05, 0) is 19.3 Å². The van der Waals surface area contributed by atoms with Crippen LogP contribution in [0.15, 0.2) is 12.1 Å². The van der Waals surface area contributed by atoms with Gasteiger partial charge in [-0.2, -0.15) is 4.39 Å². The van der Waals surface area contributed by atoms with Crippen molar-refractivity contribution in [1.82, 2.24) is 0 Å². The van der Waals surface area contributed by atoms with Gasteiger partial charge < -0.3 is 10.4 Å². The molecule has 1 aliphatic rings. The molecule has 0 unspecified atom stereocenters. The van der Waals surface area contributed by atoms with Crippen LogP contribution in [0.25, 0.3) is 0 Å². The molecule has 1 aromatic rings. The molecular weight excluding hydrogens is 262 g/mol. The molecule has 1 aliphatic carbocycles. The normalized spacial score (nSPS) is 16.5. The average molecular weight is 272 g/mol. The van der Waals surface area contributed by atoms with Crippen LogP contribution in [0.3, 0.4) is 0 Å². The van der Waals surface area contributed by atoms with Gasteiger partial charge in [0.05, 0.1) is 4.92 Å². The van der Waals surface area contributed by atoms with Crippen LogP contribution < -0.4 is 5.32 Å². The van der Waals surface area contributed by atoms with Crippen molar-refractivity contribution in [3.8, 4) is 0 Å². The Morgan fingerprint density at radius 2 is 2.05 bits per heavy atom. The number of anilines is 1. The number of carboxylic acid groups (broad SMARTS) is 1. The second kappa shape index (κ2) is 4.45. The number of carbonyl (C=O) groups is 1. The number of benzene rings is 1. The van der Waals surface area contributed by atoms with Crippen LogP contribution in [0.2, 0.25) is 0 Å². The zero-order chi connectivity index (χ0) is 14.2. The molecule has 0 heterocycles. The second-order valence-corrected chi connectivity index (χ2v) is 4.41. The van der Waals surface area contributed by atoms with E-state index in [4.69, 9.17) is 5.11 Å². The van der Waals surface area contributed by atoms with Gasteiger partial charge in [0.15, 0.2) is 0 Å². The highest BCUT2D eigenvalue weighted by Gasteiger charge is 2.45. The third-order valence-corrected chi connectivity index (χ3v) is 3.20. The molecule has 2 rings (SSSR count). The summed E-state index contributed by atoms with van der Waals surface area (Å²) < 4.78 is 26.5. The van der Waals surface area contributed by atoms with Crippen LogP contribution in [-0.4, -0.2) is 21.5 Å². The lowest BCUT2D eigenvalue weighted by molar-refractivity contribution is -0.386. The summed E-state index contributed by atoms with van der Waals surface area (Å²) in [6.45, 7) is 0.